The van der Waals surface area contributed by atoms with Crippen LogP contribution in [0.15, 0.2) is 28.7 Å². The van der Waals surface area contributed by atoms with Gasteiger partial charge in [0, 0.05) is 4.47 Å². The highest BCUT2D eigenvalue weighted by Crippen LogP contribution is 2.16. The van der Waals surface area contributed by atoms with E-state index in [1.54, 1.807) is 24.3 Å². The Morgan fingerprint density at radius 2 is 1.81 bits per heavy atom. The molecule has 0 fully saturated rings. The van der Waals surface area contributed by atoms with Crippen molar-refractivity contribution in [1.82, 2.24) is 4.90 Å². The minimum atomic E-state index is -1.21. The number of primary amides is 1. The van der Waals surface area contributed by atoms with Gasteiger partial charge in [-0.2, -0.15) is 0 Å². The summed E-state index contributed by atoms with van der Waals surface area (Å²) >= 11 is 3.29. The van der Waals surface area contributed by atoms with Crippen LogP contribution in [0.2, 0.25) is 0 Å². The predicted molar refractivity (Wildman–Crippen MR) is 77.7 cm³/mol. The monoisotopic (exact) mass is 358 g/mol. The number of carboxylic acid groups (broad SMARTS) is 1. The van der Waals surface area contributed by atoms with E-state index in [0.29, 0.717) is 5.75 Å². The minimum Gasteiger partial charge on any atom is -0.493 e. The van der Waals surface area contributed by atoms with Gasteiger partial charge in [-0.25, -0.2) is 0 Å². The second-order valence-corrected chi connectivity index (χ2v) is 5.08. The Morgan fingerprint density at radius 1 is 1.19 bits per heavy atom. The van der Waals surface area contributed by atoms with Gasteiger partial charge in [0.25, 0.3) is 0 Å². The van der Waals surface area contributed by atoms with E-state index >= 15 is 0 Å². The molecule has 2 amide bonds. The smallest absolute Gasteiger partial charge is 0.323 e. The maximum Gasteiger partial charge on any atom is 0.323 e. The fourth-order valence-corrected chi connectivity index (χ4v) is 1.79. The van der Waals surface area contributed by atoms with E-state index in [1.165, 1.54) is 0 Å². The molecule has 3 N–H and O–H groups in total. The first kappa shape index (κ1) is 17.0. The number of carboxylic acids is 1. The molecule has 0 saturated carbocycles. The molecule has 0 saturated heterocycles. The Hall–Kier alpha value is -2.09. The van der Waals surface area contributed by atoms with Crippen molar-refractivity contribution in [1.29, 1.82) is 0 Å². The zero-order chi connectivity index (χ0) is 15.8. The number of hydrogen-bond acceptors (Lipinski definition) is 4. The highest BCUT2D eigenvalue weighted by Gasteiger charge is 2.18. The number of rotatable bonds is 8. The van der Waals surface area contributed by atoms with Crippen LogP contribution in [0.4, 0.5) is 0 Å². The van der Waals surface area contributed by atoms with Gasteiger partial charge in [-0.05, 0) is 24.3 Å². The average Bonchev–Trinajstić information content (AvgIpc) is 2.39. The fourth-order valence-electron chi connectivity index (χ4n) is 1.53. The van der Waals surface area contributed by atoms with Gasteiger partial charge < -0.3 is 20.5 Å². The molecule has 0 atom stereocenters. The van der Waals surface area contributed by atoms with E-state index < -0.39 is 30.9 Å². The molecule has 114 valence electrons. The van der Waals surface area contributed by atoms with Crippen molar-refractivity contribution in [2.75, 3.05) is 19.7 Å². The van der Waals surface area contributed by atoms with E-state index in [0.717, 1.165) is 9.37 Å². The SMILES string of the molecule is NC(=O)CN(CC(=O)O)C(=O)CCOc1ccc(Br)cc1. The molecule has 0 spiro atoms. The highest BCUT2D eigenvalue weighted by atomic mass is 79.9. The van der Waals surface area contributed by atoms with Crippen LogP contribution in [-0.2, 0) is 14.4 Å². The van der Waals surface area contributed by atoms with Gasteiger partial charge in [0.1, 0.15) is 12.3 Å². The van der Waals surface area contributed by atoms with Gasteiger partial charge in [0.15, 0.2) is 0 Å². The number of carbonyl (C=O) groups is 3. The van der Waals surface area contributed by atoms with Crippen LogP contribution in [0.3, 0.4) is 0 Å². The molecule has 0 bridgehead atoms. The maximum absolute atomic E-state index is 11.8. The lowest BCUT2D eigenvalue weighted by Gasteiger charge is -2.18. The van der Waals surface area contributed by atoms with Gasteiger partial charge in [-0.1, -0.05) is 15.9 Å². The summed E-state index contributed by atoms with van der Waals surface area (Å²) in [6.45, 7) is -0.918. The molecule has 1 aromatic rings. The number of nitrogens with zero attached hydrogens (tertiary/aromatic N) is 1. The molecule has 0 heterocycles. The molecule has 7 nitrogen and oxygen atoms in total. The summed E-state index contributed by atoms with van der Waals surface area (Å²) in [5, 5.41) is 8.69. The van der Waals surface area contributed by atoms with Crippen molar-refractivity contribution in [3.63, 3.8) is 0 Å². The van der Waals surface area contributed by atoms with Crippen LogP contribution in [0.25, 0.3) is 0 Å². The second kappa shape index (κ2) is 8.25. The Kier molecular flexibility index (Phi) is 6.67. The number of ether oxygens (including phenoxy) is 1. The summed E-state index contributed by atoms with van der Waals surface area (Å²) in [6, 6.07) is 7.04. The lowest BCUT2D eigenvalue weighted by molar-refractivity contribution is -0.145. The van der Waals surface area contributed by atoms with Crippen LogP contribution < -0.4 is 10.5 Å². The standard InChI is InChI=1S/C13H15BrN2O5/c14-9-1-3-10(4-2-9)21-6-5-12(18)16(7-11(15)17)8-13(19)20/h1-4H,5-8H2,(H2,15,17)(H,19,20). The van der Waals surface area contributed by atoms with Gasteiger partial charge >= 0.3 is 5.97 Å². The molecule has 0 aromatic heterocycles. The first-order chi connectivity index (χ1) is 9.88. The third kappa shape index (κ3) is 6.75. The van der Waals surface area contributed by atoms with Crippen molar-refractivity contribution >= 4 is 33.7 Å². The fraction of sp³-hybridized carbons (Fsp3) is 0.308. The molecule has 0 aliphatic rings. The number of hydrogen-bond donors (Lipinski definition) is 2. The van der Waals surface area contributed by atoms with Crippen molar-refractivity contribution < 1.29 is 24.2 Å². The lowest BCUT2D eigenvalue weighted by atomic mass is 10.3. The molecule has 1 aromatic carbocycles. The number of halogens is 1. The normalized spacial score (nSPS) is 9.95. The number of nitrogens with two attached hydrogens (primary N) is 1. The first-order valence-corrected chi connectivity index (χ1v) is 6.84. The van der Waals surface area contributed by atoms with E-state index in [4.69, 9.17) is 15.6 Å². The molecular formula is C13H15BrN2O5. The average molecular weight is 359 g/mol. The molecule has 0 aliphatic carbocycles. The van der Waals surface area contributed by atoms with Gasteiger partial charge in [-0.3, -0.25) is 14.4 Å². The first-order valence-electron chi connectivity index (χ1n) is 6.04. The number of benzene rings is 1. The number of carbonyl (C=O) groups excluding carboxylic acids is 2. The Balaban J connectivity index is 2.47. The third-order valence-corrected chi connectivity index (χ3v) is 2.95. The largest absolute Gasteiger partial charge is 0.493 e. The van der Waals surface area contributed by atoms with Crippen LogP contribution in [0.5, 0.6) is 5.75 Å². The number of aliphatic carboxylic acids is 1. The predicted octanol–water partition coefficient (Wildman–Crippen LogP) is 0.616. The van der Waals surface area contributed by atoms with E-state index in [9.17, 15) is 14.4 Å². The molecule has 0 radical (unpaired) electrons. The summed E-state index contributed by atoms with van der Waals surface area (Å²) in [4.78, 5) is 34.2. The quantitative estimate of drug-likeness (QED) is 0.707. The minimum absolute atomic E-state index is 0.0450. The second-order valence-electron chi connectivity index (χ2n) is 4.16. The molecule has 21 heavy (non-hydrogen) atoms. The van der Waals surface area contributed by atoms with E-state index in [-0.39, 0.29) is 13.0 Å². The van der Waals surface area contributed by atoms with Crippen LogP contribution >= 0.6 is 15.9 Å². The van der Waals surface area contributed by atoms with Crippen LogP contribution in [-0.4, -0.2) is 47.5 Å². The molecule has 1 rings (SSSR count). The summed E-state index contributed by atoms with van der Waals surface area (Å²) in [5.74, 6) is -1.89. The Labute approximate surface area is 129 Å². The van der Waals surface area contributed by atoms with E-state index in [1.807, 2.05) is 0 Å². The van der Waals surface area contributed by atoms with E-state index in [2.05, 4.69) is 15.9 Å². The zero-order valence-electron chi connectivity index (χ0n) is 11.1. The Bertz CT molecular complexity index is 502. The molecule has 0 unspecified atom stereocenters. The summed E-state index contributed by atoms with van der Waals surface area (Å²) in [6.07, 6.45) is -0.0450. The molecule has 8 heteroatoms. The van der Waals surface area contributed by atoms with Crippen molar-refractivity contribution in [3.05, 3.63) is 28.7 Å². The number of amides is 2. The van der Waals surface area contributed by atoms with Gasteiger partial charge in [0.05, 0.1) is 19.6 Å². The topological polar surface area (TPSA) is 110 Å². The van der Waals surface area contributed by atoms with Gasteiger partial charge in [0.2, 0.25) is 11.8 Å². The Morgan fingerprint density at radius 3 is 2.33 bits per heavy atom. The lowest BCUT2D eigenvalue weighted by Crippen LogP contribution is -2.41. The van der Waals surface area contributed by atoms with Crippen molar-refractivity contribution in [2.45, 2.75) is 6.42 Å². The molecule has 0 aliphatic heterocycles. The third-order valence-electron chi connectivity index (χ3n) is 2.42. The summed E-state index contributed by atoms with van der Waals surface area (Å²) in [5.41, 5.74) is 4.98. The summed E-state index contributed by atoms with van der Waals surface area (Å²) in [7, 11) is 0. The van der Waals surface area contributed by atoms with Gasteiger partial charge in [-0.15, -0.1) is 0 Å². The van der Waals surface area contributed by atoms with Crippen molar-refractivity contribution in [2.24, 2.45) is 5.73 Å². The maximum atomic E-state index is 11.8. The summed E-state index contributed by atoms with van der Waals surface area (Å²) < 4.78 is 6.26. The highest BCUT2D eigenvalue weighted by molar-refractivity contribution is 9.10. The zero-order valence-corrected chi connectivity index (χ0v) is 12.7. The molecular weight excluding hydrogens is 344 g/mol. The van der Waals surface area contributed by atoms with Crippen LogP contribution in [0, 0.1) is 0 Å². The van der Waals surface area contributed by atoms with Crippen LogP contribution in [0.1, 0.15) is 6.42 Å². The van der Waals surface area contributed by atoms with Crippen molar-refractivity contribution in [3.8, 4) is 5.75 Å².